The van der Waals surface area contributed by atoms with Crippen molar-refractivity contribution < 1.29 is 13.7 Å². The zero-order valence-corrected chi connectivity index (χ0v) is 17.7. The van der Waals surface area contributed by atoms with Crippen molar-refractivity contribution in [1.82, 2.24) is 0 Å². The van der Waals surface area contributed by atoms with Crippen LogP contribution in [0.2, 0.25) is 0 Å². The third-order valence-electron chi connectivity index (χ3n) is 6.89. The Kier molecular flexibility index (Phi) is 3.52. The molecule has 148 valence electrons. The summed E-state index contributed by atoms with van der Waals surface area (Å²) in [5.41, 5.74) is 2.21. The van der Waals surface area contributed by atoms with Crippen LogP contribution in [0.25, 0.3) is 43.5 Å². The average molecular weight is 394 g/mol. The van der Waals surface area contributed by atoms with Gasteiger partial charge in [0.05, 0.1) is 11.2 Å². The van der Waals surface area contributed by atoms with Gasteiger partial charge < -0.3 is 13.7 Å². The first-order chi connectivity index (χ1) is 14.3. The Balaban J connectivity index is 1.57. The Labute approximate surface area is 175 Å². The second kappa shape index (κ2) is 5.87. The van der Waals surface area contributed by atoms with Crippen LogP contribution in [0.1, 0.15) is 27.7 Å². The van der Waals surface area contributed by atoms with Gasteiger partial charge in [0.25, 0.3) is 0 Å². The summed E-state index contributed by atoms with van der Waals surface area (Å²) >= 11 is 0. The van der Waals surface area contributed by atoms with E-state index < -0.39 is 0 Å². The third kappa shape index (κ3) is 2.41. The molecule has 1 aromatic heterocycles. The van der Waals surface area contributed by atoms with Crippen LogP contribution in [0.3, 0.4) is 0 Å². The van der Waals surface area contributed by atoms with Crippen molar-refractivity contribution in [3.8, 4) is 0 Å². The van der Waals surface area contributed by atoms with Gasteiger partial charge in [0.2, 0.25) is 0 Å². The molecule has 30 heavy (non-hydrogen) atoms. The van der Waals surface area contributed by atoms with E-state index in [1.807, 2.05) is 12.1 Å². The van der Waals surface area contributed by atoms with Gasteiger partial charge in [-0.2, -0.15) is 0 Å². The van der Waals surface area contributed by atoms with Gasteiger partial charge in [-0.3, -0.25) is 0 Å². The fourth-order valence-corrected chi connectivity index (χ4v) is 4.47. The van der Waals surface area contributed by atoms with Crippen LogP contribution in [0.5, 0.6) is 0 Å². The predicted octanol–water partition coefficient (Wildman–Crippen LogP) is 6.19. The van der Waals surface area contributed by atoms with E-state index >= 15 is 0 Å². The molecule has 0 radical (unpaired) electrons. The number of fused-ring (bicyclic) bond motifs is 7. The average Bonchev–Trinajstić information content (AvgIpc) is 3.20. The van der Waals surface area contributed by atoms with Crippen LogP contribution in [-0.2, 0) is 9.31 Å². The standard InChI is InChI=1S/C26H23BO3/c1-25(2)26(3,4)30-27(29-25)18-12-14-19-17(15-18)10-9-16-11-13-21-20-7-5-6-8-22(20)28-24(21)23(16)19/h5-15H,1-4H3. The Hall–Kier alpha value is -2.82. The van der Waals surface area contributed by atoms with E-state index in [2.05, 4.69) is 82.3 Å². The summed E-state index contributed by atoms with van der Waals surface area (Å²) in [7, 11) is -0.364. The minimum atomic E-state index is -0.364. The first-order valence-corrected chi connectivity index (χ1v) is 10.5. The molecule has 1 aliphatic rings. The maximum absolute atomic E-state index is 6.31. The molecule has 0 unspecified atom stereocenters. The van der Waals surface area contributed by atoms with E-state index in [9.17, 15) is 0 Å². The van der Waals surface area contributed by atoms with Crippen LogP contribution < -0.4 is 5.46 Å². The smallest absolute Gasteiger partial charge is 0.455 e. The molecule has 1 aliphatic heterocycles. The number of rotatable bonds is 1. The molecule has 2 heterocycles. The van der Waals surface area contributed by atoms with Gasteiger partial charge in [-0.05, 0) is 61.4 Å². The van der Waals surface area contributed by atoms with Crippen molar-refractivity contribution in [2.24, 2.45) is 0 Å². The molecule has 5 aromatic rings. The molecule has 1 fully saturated rings. The maximum atomic E-state index is 6.31. The van der Waals surface area contributed by atoms with Crippen LogP contribution in [0.4, 0.5) is 0 Å². The van der Waals surface area contributed by atoms with E-state index in [4.69, 9.17) is 13.7 Å². The lowest BCUT2D eigenvalue weighted by Crippen LogP contribution is -2.41. The highest BCUT2D eigenvalue weighted by molar-refractivity contribution is 6.62. The van der Waals surface area contributed by atoms with Gasteiger partial charge in [-0.15, -0.1) is 0 Å². The lowest BCUT2D eigenvalue weighted by Gasteiger charge is -2.32. The highest BCUT2D eigenvalue weighted by Gasteiger charge is 2.51. The minimum absolute atomic E-state index is 0.351. The fourth-order valence-electron chi connectivity index (χ4n) is 4.47. The Morgan fingerprint density at radius 3 is 2.13 bits per heavy atom. The first-order valence-electron chi connectivity index (χ1n) is 10.5. The zero-order valence-electron chi connectivity index (χ0n) is 17.7. The van der Waals surface area contributed by atoms with Crippen LogP contribution in [-0.4, -0.2) is 18.3 Å². The maximum Gasteiger partial charge on any atom is 0.494 e. The molecule has 0 saturated carbocycles. The van der Waals surface area contributed by atoms with Crippen molar-refractivity contribution in [2.75, 3.05) is 0 Å². The number of benzene rings is 4. The summed E-state index contributed by atoms with van der Waals surface area (Å²) in [5, 5.41) is 6.97. The normalized spacial score (nSPS) is 18.2. The molecule has 3 nitrogen and oxygen atoms in total. The monoisotopic (exact) mass is 394 g/mol. The largest absolute Gasteiger partial charge is 0.494 e. The Bertz CT molecular complexity index is 1450. The van der Waals surface area contributed by atoms with Crippen molar-refractivity contribution in [3.63, 3.8) is 0 Å². The molecule has 0 N–H and O–H groups in total. The van der Waals surface area contributed by atoms with E-state index in [1.54, 1.807) is 0 Å². The van der Waals surface area contributed by atoms with Gasteiger partial charge in [-0.25, -0.2) is 0 Å². The summed E-state index contributed by atoms with van der Waals surface area (Å²) in [6, 6.07) is 23.4. The first kappa shape index (κ1) is 18.0. The van der Waals surface area contributed by atoms with Crippen molar-refractivity contribution >= 4 is 56.1 Å². The topological polar surface area (TPSA) is 31.6 Å². The number of furan rings is 1. The lowest BCUT2D eigenvalue weighted by atomic mass is 9.78. The molecule has 4 heteroatoms. The van der Waals surface area contributed by atoms with Gasteiger partial charge in [0, 0.05) is 16.2 Å². The van der Waals surface area contributed by atoms with Gasteiger partial charge in [0.1, 0.15) is 11.2 Å². The van der Waals surface area contributed by atoms with Crippen molar-refractivity contribution in [1.29, 1.82) is 0 Å². The second-order valence-corrected chi connectivity index (χ2v) is 9.27. The second-order valence-electron chi connectivity index (χ2n) is 9.27. The third-order valence-corrected chi connectivity index (χ3v) is 6.89. The van der Waals surface area contributed by atoms with Crippen LogP contribution >= 0.6 is 0 Å². The Morgan fingerprint density at radius 2 is 1.33 bits per heavy atom. The zero-order chi connectivity index (χ0) is 20.7. The van der Waals surface area contributed by atoms with Gasteiger partial charge >= 0.3 is 7.12 Å². The minimum Gasteiger partial charge on any atom is -0.455 e. The molecule has 0 amide bonds. The summed E-state index contributed by atoms with van der Waals surface area (Å²) < 4.78 is 18.8. The summed E-state index contributed by atoms with van der Waals surface area (Å²) in [6.45, 7) is 8.33. The fraction of sp³-hybridized carbons (Fsp3) is 0.231. The molecule has 6 rings (SSSR count). The molecular weight excluding hydrogens is 371 g/mol. The molecule has 0 spiro atoms. The van der Waals surface area contributed by atoms with E-state index in [-0.39, 0.29) is 18.3 Å². The van der Waals surface area contributed by atoms with Crippen LogP contribution in [0.15, 0.2) is 71.1 Å². The molecule has 0 atom stereocenters. The molecule has 1 saturated heterocycles. The highest BCUT2D eigenvalue weighted by atomic mass is 16.7. The van der Waals surface area contributed by atoms with E-state index in [1.165, 1.54) is 10.8 Å². The molecular formula is C26H23BO3. The van der Waals surface area contributed by atoms with Gasteiger partial charge in [0.15, 0.2) is 0 Å². The molecule has 4 aromatic carbocycles. The van der Waals surface area contributed by atoms with Crippen LogP contribution in [0, 0.1) is 0 Å². The molecule has 0 aliphatic carbocycles. The SMILES string of the molecule is CC1(C)OB(c2ccc3c(ccc4ccc5c6ccccc6oc5c43)c2)OC1(C)C. The number of para-hydroxylation sites is 1. The summed E-state index contributed by atoms with van der Waals surface area (Å²) in [4.78, 5) is 0. The predicted molar refractivity (Wildman–Crippen MR) is 124 cm³/mol. The lowest BCUT2D eigenvalue weighted by molar-refractivity contribution is 0.00578. The summed E-state index contributed by atoms with van der Waals surface area (Å²) in [6.07, 6.45) is 0. The van der Waals surface area contributed by atoms with E-state index in [0.717, 1.165) is 38.2 Å². The number of hydrogen-bond acceptors (Lipinski definition) is 3. The summed E-state index contributed by atoms with van der Waals surface area (Å²) in [5.74, 6) is 0. The number of hydrogen-bond donors (Lipinski definition) is 0. The quantitative estimate of drug-likeness (QED) is 0.251. The highest BCUT2D eigenvalue weighted by Crippen LogP contribution is 2.39. The Morgan fingerprint density at radius 1 is 0.667 bits per heavy atom. The van der Waals surface area contributed by atoms with Crippen molar-refractivity contribution in [3.05, 3.63) is 66.7 Å². The van der Waals surface area contributed by atoms with Crippen molar-refractivity contribution in [2.45, 2.75) is 38.9 Å². The van der Waals surface area contributed by atoms with E-state index in [0.29, 0.717) is 0 Å². The van der Waals surface area contributed by atoms with Gasteiger partial charge in [-0.1, -0.05) is 54.6 Å². The molecule has 0 bridgehead atoms.